The molecule has 6 aliphatic heterocycles. The first-order chi connectivity index (χ1) is 67.6. The molecule has 15 atom stereocenters. The Morgan fingerprint density at radius 2 is 0.679 bits per heavy atom. The zero-order valence-corrected chi connectivity index (χ0v) is 81.5. The molecule has 52 nitrogen and oxygen atoms in total. The molecule has 0 aromatic carbocycles. The molecule has 9 rings (SSSR count). The molecule has 0 unspecified atom stereocenters. The maximum absolute atomic E-state index is 14.2. The number of esters is 5. The first-order valence-corrected chi connectivity index (χ1v) is 47.3. The minimum atomic E-state index is -1.34. The monoisotopic (exact) mass is 2000 g/mol. The molecule has 6 aliphatic rings. The van der Waals surface area contributed by atoms with Gasteiger partial charge < -0.3 is 160 Å². The number of unbranched alkanes of at least 4 members (excludes halogenated alkanes) is 4. The molecule has 140 heavy (non-hydrogen) atoms. The van der Waals surface area contributed by atoms with E-state index in [2.05, 4.69) is 57.5 Å². The van der Waals surface area contributed by atoms with Gasteiger partial charge in [0.1, 0.15) is 46.9 Å². The van der Waals surface area contributed by atoms with Crippen LogP contribution in [0.25, 0.3) is 0 Å². The van der Waals surface area contributed by atoms with Crippen LogP contribution in [0, 0.1) is 0 Å². The Hall–Kier alpha value is -8.80. The molecule has 792 valence electrons. The van der Waals surface area contributed by atoms with Crippen molar-refractivity contribution in [2.75, 3.05) is 218 Å². The van der Waals surface area contributed by atoms with Crippen molar-refractivity contribution in [1.29, 1.82) is 0 Å². The predicted octanol–water partition coefficient (Wildman–Crippen LogP) is -2.35. The molecule has 0 spiro atoms. The number of amides is 5. The molecule has 3 aromatic heterocycles. The van der Waals surface area contributed by atoms with Gasteiger partial charge in [-0.1, -0.05) is 28.5 Å². The molecule has 9 heterocycles. The number of nitrogens with one attached hydrogen (secondary N) is 5. The SMILES string of the molecule is CCO[C@@H]1[C@@H](NC(C)=O)[C@H]2OC[C@](COCCOCCOCCOCCn3cc(COCC(COCc4cn(CCOCCOCCOCCOC[C@@]56CO[C@@H](O5)[C@H](NC(C)=O)[C@@H](OC(C)=O)[C@H]6OC(C)=O)nn4)(COCc4cn(CCOCCOCCOCCOC[C@@]56CO[C@@H](O5)[C@H](NC(C)=O)[C@@H](OC(C)=O)[C@H]6OC(C)=O)nn4)NC(=O)CCCCCNC(=O)CCCCCO)nn3)(O2)[C@@H]1OC(C)=O. The maximum Gasteiger partial charge on any atom is 0.303 e. The van der Waals surface area contributed by atoms with Crippen LogP contribution >= 0.6 is 0 Å². The van der Waals surface area contributed by atoms with Gasteiger partial charge in [0, 0.05) is 88.0 Å². The number of carbonyl (C=O) groups excluding carboxylic acids is 10. The molecule has 52 heteroatoms. The number of fused-ring (bicyclic) bond motifs is 6. The Kier molecular flexibility index (Phi) is 50.8. The third kappa shape index (κ3) is 39.4. The van der Waals surface area contributed by atoms with Crippen molar-refractivity contribution >= 4 is 59.4 Å². The number of hydrogen-bond donors (Lipinski definition) is 6. The van der Waals surface area contributed by atoms with Gasteiger partial charge in [-0.25, -0.2) is 14.0 Å². The van der Waals surface area contributed by atoms with E-state index in [1.165, 1.54) is 55.4 Å². The second-order valence-corrected chi connectivity index (χ2v) is 34.0. The fraction of sp³-hybridized carbons (Fsp3) is 0.818. The Bertz CT molecular complexity index is 4030. The van der Waals surface area contributed by atoms with Gasteiger partial charge >= 0.3 is 29.8 Å². The van der Waals surface area contributed by atoms with Gasteiger partial charge in [-0.3, -0.25) is 47.9 Å². The summed E-state index contributed by atoms with van der Waals surface area (Å²) in [6.45, 7) is 17.9. The van der Waals surface area contributed by atoms with E-state index in [1.54, 1.807) is 39.6 Å². The first kappa shape index (κ1) is 115. The summed E-state index contributed by atoms with van der Waals surface area (Å²) >= 11 is 0. The van der Waals surface area contributed by atoms with Crippen LogP contribution in [0.5, 0.6) is 0 Å². The number of aliphatic hydroxyl groups excluding tert-OH is 1. The Morgan fingerprint density at radius 3 is 0.993 bits per heavy atom. The summed E-state index contributed by atoms with van der Waals surface area (Å²) < 4.78 is 164. The van der Waals surface area contributed by atoms with Crippen LogP contribution < -0.4 is 26.6 Å². The summed E-state index contributed by atoms with van der Waals surface area (Å²) in [7, 11) is 0. The number of ether oxygens (including phenoxy) is 27. The number of nitrogens with zero attached hydrogens (tertiary/aromatic N) is 9. The number of rotatable bonds is 76. The smallest absolute Gasteiger partial charge is 0.303 e. The largest absolute Gasteiger partial charge is 0.456 e. The van der Waals surface area contributed by atoms with Crippen LogP contribution in [0.3, 0.4) is 0 Å². The fourth-order valence-electron chi connectivity index (χ4n) is 16.1. The van der Waals surface area contributed by atoms with Crippen LogP contribution in [0.1, 0.15) is 131 Å². The zero-order chi connectivity index (χ0) is 100. The summed E-state index contributed by atoms with van der Waals surface area (Å²) in [5.41, 5.74) is -3.74. The normalized spacial score (nSPS) is 23.9. The third-order valence-electron chi connectivity index (χ3n) is 22.2. The molecular weight excluding hydrogens is 1860 g/mol. The minimum absolute atomic E-state index is 0.00907. The standard InChI is InChI=1S/C88H142N14O38/c1-10-129-76-73(90-60(2)104)82-130-57-86(138-82,79(76)135-65(7)109)54-123-42-39-120-36-33-117-30-27-114-24-20-100-45-68(94-97-100)48-126-51-85(93-72(113)18-13-11-15-19-89-71(112)17-14-12-16-23-103,52-127-49-69-46-101(98-95-69)21-25-115-28-31-118-34-37-121-40-43-124-55-87-58-131-83(139-87)74(91-61(3)105)77(133-63(5)107)80(87)136-66(8)110)53-128-50-70-47-102(99-96-70)22-26-116-29-32-119-35-38-122-41-44-125-56-88-59-132-84(140-88)75(92-62(4)106)78(134-64(6)108)81(88)137-67(9)111/h45-47,73-84,103H,10-44,48-59H2,1-9H3,(H,89,112)(H,90,104)(H,91,105)(H,92,106)(H,93,113)/t73-,74-,75-,76-,77-,78-,79-,80-,81-,82+,83+,84+,86+,87+,88+/m1/s1. The van der Waals surface area contributed by atoms with E-state index in [-0.39, 0.29) is 255 Å². The van der Waals surface area contributed by atoms with Crippen molar-refractivity contribution in [2.24, 2.45) is 0 Å². The topological polar surface area (TPSA) is 592 Å². The summed E-state index contributed by atoms with van der Waals surface area (Å²) in [5, 5.41) is 49.3. The van der Waals surface area contributed by atoms with Gasteiger partial charge in [-0.2, -0.15) is 0 Å². The van der Waals surface area contributed by atoms with E-state index >= 15 is 0 Å². The van der Waals surface area contributed by atoms with Gasteiger partial charge in [0.05, 0.1) is 256 Å². The number of aliphatic hydroxyl groups is 1. The van der Waals surface area contributed by atoms with Crippen molar-refractivity contribution in [3.05, 3.63) is 35.7 Å². The molecule has 0 radical (unpaired) electrons. The molecule has 6 bridgehead atoms. The van der Waals surface area contributed by atoms with E-state index < -0.39 is 138 Å². The van der Waals surface area contributed by atoms with Crippen LogP contribution in [0.15, 0.2) is 18.6 Å². The third-order valence-corrected chi connectivity index (χ3v) is 22.2. The van der Waals surface area contributed by atoms with E-state index in [0.717, 1.165) is 6.42 Å². The maximum atomic E-state index is 14.2. The van der Waals surface area contributed by atoms with Crippen molar-refractivity contribution in [2.45, 2.75) is 249 Å². The van der Waals surface area contributed by atoms with Crippen LogP contribution in [-0.4, -0.2) is 423 Å². The van der Waals surface area contributed by atoms with Crippen molar-refractivity contribution < 1.29 is 181 Å². The summed E-state index contributed by atoms with van der Waals surface area (Å²) in [5.74, 6) is -4.75. The molecular formula is C88H142N14O38. The van der Waals surface area contributed by atoms with Crippen molar-refractivity contribution in [3.8, 4) is 0 Å². The van der Waals surface area contributed by atoms with Gasteiger partial charge in [-0.05, 0) is 32.6 Å². The van der Waals surface area contributed by atoms with Crippen LogP contribution in [0.2, 0.25) is 0 Å². The first-order valence-electron chi connectivity index (χ1n) is 47.3. The van der Waals surface area contributed by atoms with E-state index in [4.69, 9.17) is 133 Å². The number of hydrogen-bond acceptors (Lipinski definition) is 44. The second kappa shape index (κ2) is 62.0. The van der Waals surface area contributed by atoms with Crippen molar-refractivity contribution in [3.63, 3.8) is 0 Å². The summed E-state index contributed by atoms with van der Waals surface area (Å²) in [4.78, 5) is 124. The minimum Gasteiger partial charge on any atom is -0.456 e. The molecule has 6 N–H and O–H groups in total. The molecule has 5 amide bonds. The molecule has 6 fully saturated rings. The highest BCUT2D eigenvalue weighted by atomic mass is 16.8. The molecule has 6 saturated heterocycles. The highest BCUT2D eigenvalue weighted by Gasteiger charge is 2.66. The second-order valence-electron chi connectivity index (χ2n) is 34.0. The Balaban J connectivity index is 0.717. The lowest BCUT2D eigenvalue weighted by molar-refractivity contribution is -0.254. The zero-order valence-electron chi connectivity index (χ0n) is 81.5. The highest BCUT2D eigenvalue weighted by molar-refractivity contribution is 5.77. The average molecular weight is 2000 g/mol. The van der Waals surface area contributed by atoms with Gasteiger partial charge in [0.15, 0.2) is 66.2 Å². The molecule has 3 aromatic rings. The highest BCUT2D eigenvalue weighted by Crippen LogP contribution is 2.44. The van der Waals surface area contributed by atoms with Crippen LogP contribution in [-0.2, 0) is 215 Å². The van der Waals surface area contributed by atoms with E-state index in [0.29, 0.717) is 81.8 Å². The van der Waals surface area contributed by atoms with Gasteiger partial charge in [0.25, 0.3) is 0 Å². The quantitative estimate of drug-likeness (QED) is 0.0196. The lowest BCUT2D eigenvalue weighted by atomic mass is 9.87. The predicted molar refractivity (Wildman–Crippen MR) is 473 cm³/mol. The lowest BCUT2D eigenvalue weighted by Gasteiger charge is -2.45. The van der Waals surface area contributed by atoms with Crippen molar-refractivity contribution in [1.82, 2.24) is 71.6 Å². The number of aromatic nitrogens is 9. The average Bonchev–Trinajstić information content (AvgIpc) is 1.59. The Labute approximate surface area is 811 Å². The molecule has 0 saturated carbocycles. The van der Waals surface area contributed by atoms with Gasteiger partial charge in [0.2, 0.25) is 29.5 Å². The fourth-order valence-corrected chi connectivity index (χ4v) is 16.1. The summed E-state index contributed by atoms with van der Waals surface area (Å²) in [6, 6.07) is -2.60. The van der Waals surface area contributed by atoms with Crippen LogP contribution in [0.4, 0.5) is 0 Å². The summed E-state index contributed by atoms with van der Waals surface area (Å²) in [6.07, 6.45) is 0.432. The van der Waals surface area contributed by atoms with E-state index in [1.807, 2.05) is 0 Å². The van der Waals surface area contributed by atoms with E-state index in [9.17, 15) is 47.9 Å². The number of carbonyl (C=O) groups is 10. The lowest BCUT2D eigenvalue weighted by Crippen LogP contribution is -2.68. The Morgan fingerprint density at radius 1 is 0.379 bits per heavy atom. The molecule has 0 aliphatic carbocycles. The van der Waals surface area contributed by atoms with Gasteiger partial charge in [-0.15, -0.1) is 15.3 Å².